The van der Waals surface area contributed by atoms with E-state index in [9.17, 15) is 4.39 Å². The number of aromatic nitrogens is 1. The van der Waals surface area contributed by atoms with Crippen molar-refractivity contribution < 1.29 is 110 Å². The maximum Gasteiger partial charge on any atom is 0.200 e. The molecular weight excluding hydrogens is 1320 g/mol. The Balaban J connectivity index is 1.36. The van der Waals surface area contributed by atoms with Gasteiger partial charge in [0.05, 0.1) is 73.0 Å². The third kappa shape index (κ3) is 8.25. The normalized spacial score (nSPS) is 18.1. The molecule has 14 bridgehead atoms. The summed E-state index contributed by atoms with van der Waals surface area (Å²) in [4.78, 5) is 16.9. The molecule has 0 spiro atoms. The fourth-order valence-electron chi connectivity index (χ4n) is 12.6. The number of hydrogen-bond acceptors (Lipinski definition) is 5. The van der Waals surface area contributed by atoms with Crippen molar-refractivity contribution in [1.82, 2.24) is 14.8 Å². The van der Waals surface area contributed by atoms with E-state index in [4.69, 9.17) is 0 Å². The van der Waals surface area contributed by atoms with Gasteiger partial charge in [-0.2, -0.15) is 0 Å². The average molecular weight is 1340 g/mol. The molecule has 31 heteroatoms. The van der Waals surface area contributed by atoms with Crippen LogP contribution >= 0.6 is 0 Å². The largest absolute Gasteiger partial charge is 0.373 e. The summed E-state index contributed by atoms with van der Waals surface area (Å²) in [7, 11) is 0. The molecule has 6 nitrogen and oxygen atoms in total. The highest BCUT2D eigenvalue weighted by Crippen LogP contribution is 2.61. The zero-order chi connectivity index (χ0) is 68.1. The SMILES string of the molecule is CCN(/C(C)=C\C1C2=C(c3c(F)c(F)c(F)c(F)c3F)C3=C4C5=C(N=C6C(c7c(F)c(F)c(F)c(F)c7F)=C7C=CC(=N7)C(c7c(F)c(F)c(F)c(F)c7F)=c7ccc([nH]7)=C(c7c(F)c(F)c(F)c(F)c7F)C(=N3)N5C64)C(c3c(F)c(F)c(F)c(F)c3F)=C1C=C2)C(C)C. The summed E-state index contributed by atoms with van der Waals surface area (Å²) in [5.41, 5.74) is -29.7. The van der Waals surface area contributed by atoms with Crippen LogP contribution in [0.2, 0.25) is 0 Å². The second-order valence-electron chi connectivity index (χ2n) is 21.7. The molecule has 1 fully saturated rings. The Hall–Kier alpha value is -10.1. The number of H-pyrrole nitrogens is 1. The predicted molar refractivity (Wildman–Crippen MR) is 282 cm³/mol. The number of benzene rings is 5. The Morgan fingerprint density at radius 3 is 1.18 bits per heavy atom. The second kappa shape index (κ2) is 21.5. The van der Waals surface area contributed by atoms with E-state index in [0.717, 1.165) is 6.08 Å². The summed E-state index contributed by atoms with van der Waals surface area (Å²) in [6, 6.07) is -2.28. The fraction of sp³-hybridized carbons (Fsp3) is 0.127. The second-order valence-corrected chi connectivity index (χ2v) is 21.7. The Bertz CT molecular complexity index is 5040. The van der Waals surface area contributed by atoms with Crippen LogP contribution in [0.1, 0.15) is 55.5 Å². The van der Waals surface area contributed by atoms with Crippen LogP contribution in [-0.2, 0) is 0 Å². The lowest BCUT2D eigenvalue weighted by Gasteiger charge is -2.55. The van der Waals surface area contributed by atoms with Gasteiger partial charge in [0.15, 0.2) is 116 Å². The van der Waals surface area contributed by atoms with Crippen molar-refractivity contribution in [1.29, 1.82) is 0 Å². The molecule has 6 aromatic rings. The van der Waals surface area contributed by atoms with Gasteiger partial charge in [-0.25, -0.2) is 125 Å². The highest BCUT2D eigenvalue weighted by molar-refractivity contribution is 6.38. The third-order valence-electron chi connectivity index (χ3n) is 16.6. The maximum atomic E-state index is 17.3. The van der Waals surface area contributed by atoms with Crippen LogP contribution in [-0.4, -0.2) is 50.7 Å². The fourth-order valence-corrected chi connectivity index (χ4v) is 12.6. The van der Waals surface area contributed by atoms with Gasteiger partial charge in [-0.05, 0) is 63.1 Å². The van der Waals surface area contributed by atoms with Gasteiger partial charge in [-0.3, -0.25) is 0 Å². The number of allylic oxidation sites excluding steroid dienone is 10. The lowest BCUT2D eigenvalue weighted by molar-refractivity contribution is 0.297. The van der Waals surface area contributed by atoms with Crippen molar-refractivity contribution in [3.8, 4) is 0 Å². The summed E-state index contributed by atoms with van der Waals surface area (Å²) in [5, 5.41) is -2.39. The molecule has 1 aromatic heterocycles. The van der Waals surface area contributed by atoms with Gasteiger partial charge in [-0.1, -0.05) is 18.2 Å². The molecule has 2 aliphatic carbocycles. The molecule has 0 radical (unpaired) electrons. The Kier molecular flexibility index (Phi) is 14.3. The smallest absolute Gasteiger partial charge is 0.200 e. The molecule has 0 amide bonds. The van der Waals surface area contributed by atoms with Crippen LogP contribution in [0.25, 0.3) is 27.9 Å². The van der Waals surface area contributed by atoms with Gasteiger partial charge in [0.1, 0.15) is 11.9 Å². The number of aromatic amines is 1. The molecule has 0 saturated carbocycles. The number of halogens is 25. The van der Waals surface area contributed by atoms with Gasteiger partial charge in [0.2, 0.25) is 29.1 Å². The first kappa shape index (κ1) is 62.7. The number of nitrogens with one attached hydrogen (secondary N) is 1. The van der Waals surface area contributed by atoms with Crippen LogP contribution < -0.4 is 10.7 Å². The highest BCUT2D eigenvalue weighted by atomic mass is 19.2. The maximum absolute atomic E-state index is 17.3. The third-order valence-corrected chi connectivity index (χ3v) is 16.6. The summed E-state index contributed by atoms with van der Waals surface area (Å²) < 4.78 is 406. The molecule has 482 valence electrons. The molecule has 2 atom stereocenters. The highest BCUT2D eigenvalue weighted by Gasteiger charge is 2.59. The molecule has 15 rings (SSSR count). The van der Waals surface area contributed by atoms with Gasteiger partial charge < -0.3 is 14.8 Å². The van der Waals surface area contributed by atoms with E-state index >= 15 is 105 Å². The zero-order valence-corrected chi connectivity index (χ0v) is 46.7. The van der Waals surface area contributed by atoms with Crippen molar-refractivity contribution in [2.45, 2.75) is 39.8 Å². The molecule has 1 saturated heterocycles. The molecule has 8 heterocycles. The minimum Gasteiger partial charge on any atom is -0.373 e. The Morgan fingerprint density at radius 2 is 0.787 bits per heavy atom. The lowest BCUT2D eigenvalue weighted by atomic mass is 9.73. The van der Waals surface area contributed by atoms with Gasteiger partial charge in [-0.15, -0.1) is 0 Å². The number of nitrogens with zero attached hydrogens (tertiary/aromatic N) is 5. The van der Waals surface area contributed by atoms with Crippen LogP contribution in [0, 0.1) is 151 Å². The summed E-state index contributed by atoms with van der Waals surface area (Å²) in [5.74, 6) is -74.8. The molecular formula is C63H25F25N6. The van der Waals surface area contributed by atoms with Crippen LogP contribution in [0.5, 0.6) is 0 Å². The van der Waals surface area contributed by atoms with E-state index < -0.39 is 287 Å². The minimum absolute atomic E-state index is 0.000941. The Morgan fingerprint density at radius 1 is 0.436 bits per heavy atom. The summed E-state index contributed by atoms with van der Waals surface area (Å²) in [6.07, 6.45) is 3.39. The van der Waals surface area contributed by atoms with Crippen molar-refractivity contribution in [3.63, 3.8) is 0 Å². The molecule has 9 aliphatic rings. The molecule has 2 unspecified atom stereocenters. The quantitative estimate of drug-likeness (QED) is 0.0891. The van der Waals surface area contributed by atoms with Crippen LogP contribution in [0.4, 0.5) is 110 Å². The van der Waals surface area contributed by atoms with E-state index in [2.05, 4.69) is 20.0 Å². The zero-order valence-electron chi connectivity index (χ0n) is 46.7. The molecule has 1 N–H and O–H groups in total. The van der Waals surface area contributed by atoms with E-state index in [-0.39, 0.29) is 12.2 Å². The first-order valence-electron chi connectivity index (χ1n) is 26.9. The van der Waals surface area contributed by atoms with E-state index in [1.54, 1.807) is 20.8 Å². The predicted octanol–water partition coefficient (Wildman–Crippen LogP) is 15.1. The van der Waals surface area contributed by atoms with E-state index in [1.165, 1.54) is 11.8 Å². The van der Waals surface area contributed by atoms with Crippen molar-refractivity contribution in [2.24, 2.45) is 20.9 Å². The van der Waals surface area contributed by atoms with Gasteiger partial charge >= 0.3 is 0 Å². The molecule has 94 heavy (non-hydrogen) atoms. The average Bonchev–Trinajstić information content (AvgIpc) is 1.11. The van der Waals surface area contributed by atoms with E-state index in [1.807, 2.05) is 0 Å². The number of rotatable bonds is 9. The van der Waals surface area contributed by atoms with Gasteiger partial charge in [0, 0.05) is 57.4 Å². The first-order valence-corrected chi connectivity index (χ1v) is 26.9. The monoisotopic (exact) mass is 1340 g/mol. The van der Waals surface area contributed by atoms with Crippen molar-refractivity contribution >= 4 is 45.1 Å². The lowest BCUT2D eigenvalue weighted by Crippen LogP contribution is -2.61. The summed E-state index contributed by atoms with van der Waals surface area (Å²) >= 11 is 0. The van der Waals surface area contributed by atoms with Crippen molar-refractivity contribution in [2.75, 3.05) is 6.54 Å². The summed E-state index contributed by atoms with van der Waals surface area (Å²) in [6.45, 7) is 6.03. The molecule has 7 aliphatic heterocycles. The Labute approximate surface area is 507 Å². The van der Waals surface area contributed by atoms with Crippen molar-refractivity contribution in [3.05, 3.63) is 272 Å². The number of hydrogen-bond donors (Lipinski definition) is 1. The topological polar surface area (TPSA) is 59.4 Å². The van der Waals surface area contributed by atoms with Crippen LogP contribution in [0.3, 0.4) is 0 Å². The number of aliphatic imine (C=N–C) groups is 3. The number of amidine groups is 1. The van der Waals surface area contributed by atoms with Gasteiger partial charge in [0.25, 0.3) is 0 Å². The molecule has 5 aromatic carbocycles. The standard InChI is InChI=1S/C63H25F25N6/c1-5-93(13(2)3)14(4)12-17-15-6-7-16(17)23(28-35(66)45(76)54(85)46(77)36(28)67)59-61-32-58(22(15)27-33(64)43(74)53(84)44(75)34(27)65)92-63-26(31-41(72)51(82)57(88)52(83)42(31)73)21-11-9-19(90-21)24(29-37(68)47(78)55(86)48(79)38(29)69)18-8-10-20(89-18)25(60(91-59)62(32)94(61)63)30-39(70)49(80)56(87)50(81)40(30)71/h6-13,17,62,90H,5H2,1-4H3/b14-12-,22-15?,23-16?,24-18?,24-19?,25-20?,26-21?,58-22?,59-23?,60-25?,63-26?. The van der Waals surface area contributed by atoms with Crippen LogP contribution in [0.15, 0.2) is 103 Å². The minimum atomic E-state index is -2.95. The van der Waals surface area contributed by atoms with E-state index in [0.29, 0.717) is 41.3 Å². The first-order chi connectivity index (χ1) is 44.3. The number of fused-ring (bicyclic) bond motifs is 5.